The van der Waals surface area contributed by atoms with Crippen molar-refractivity contribution in [3.05, 3.63) is 64.8 Å². The van der Waals surface area contributed by atoms with Gasteiger partial charge in [-0.25, -0.2) is 0 Å². The molecule has 0 bridgehead atoms. The van der Waals surface area contributed by atoms with E-state index in [0.717, 1.165) is 61.4 Å². The highest BCUT2D eigenvalue weighted by Gasteiger charge is 2.23. The van der Waals surface area contributed by atoms with E-state index >= 15 is 0 Å². The van der Waals surface area contributed by atoms with Crippen LogP contribution in [0.4, 0.5) is 16.4 Å². The average molecular weight is 436 g/mol. The SMILES string of the molecule is COc1ccc2c(c1)CN(c1ccc(C(=O)Nc3cnccc3N3CCNCC3)s1)C2. The summed E-state index contributed by atoms with van der Waals surface area (Å²) >= 11 is 1.52. The third kappa shape index (κ3) is 4.08. The van der Waals surface area contributed by atoms with Gasteiger partial charge < -0.3 is 25.2 Å². The van der Waals surface area contributed by atoms with Crippen molar-refractivity contribution in [2.45, 2.75) is 13.1 Å². The van der Waals surface area contributed by atoms with Gasteiger partial charge in [-0.15, -0.1) is 11.3 Å². The van der Waals surface area contributed by atoms with Crippen molar-refractivity contribution >= 4 is 33.6 Å². The number of fused-ring (bicyclic) bond motifs is 1. The molecule has 8 heteroatoms. The van der Waals surface area contributed by atoms with Crippen molar-refractivity contribution in [1.29, 1.82) is 0 Å². The number of ether oxygens (including phenoxy) is 1. The number of rotatable bonds is 5. The van der Waals surface area contributed by atoms with Crippen LogP contribution < -0.4 is 25.2 Å². The first-order chi connectivity index (χ1) is 15.2. The van der Waals surface area contributed by atoms with Crippen molar-refractivity contribution < 1.29 is 9.53 Å². The molecule has 160 valence electrons. The number of nitrogens with zero attached hydrogens (tertiary/aromatic N) is 3. The highest BCUT2D eigenvalue weighted by molar-refractivity contribution is 7.18. The summed E-state index contributed by atoms with van der Waals surface area (Å²) in [5.41, 5.74) is 4.35. The molecule has 2 aliphatic heterocycles. The van der Waals surface area contributed by atoms with E-state index in [4.69, 9.17) is 4.74 Å². The second kappa shape index (κ2) is 8.56. The number of carbonyl (C=O) groups is 1. The Balaban J connectivity index is 1.29. The zero-order chi connectivity index (χ0) is 21.2. The number of anilines is 3. The summed E-state index contributed by atoms with van der Waals surface area (Å²) in [4.78, 5) is 22.5. The zero-order valence-corrected chi connectivity index (χ0v) is 18.2. The molecule has 1 aromatic carbocycles. The highest BCUT2D eigenvalue weighted by atomic mass is 32.1. The number of benzene rings is 1. The first-order valence-corrected chi connectivity index (χ1v) is 11.2. The topological polar surface area (TPSA) is 69.7 Å². The predicted molar refractivity (Wildman–Crippen MR) is 124 cm³/mol. The van der Waals surface area contributed by atoms with Gasteiger partial charge in [0.05, 0.1) is 34.6 Å². The molecule has 0 saturated carbocycles. The molecule has 2 aromatic heterocycles. The molecule has 0 unspecified atom stereocenters. The lowest BCUT2D eigenvalue weighted by Gasteiger charge is -2.30. The van der Waals surface area contributed by atoms with Gasteiger partial charge in [-0.2, -0.15) is 0 Å². The molecule has 2 aliphatic rings. The summed E-state index contributed by atoms with van der Waals surface area (Å²) in [6, 6.07) is 12.1. The Labute approximate surface area is 185 Å². The normalized spacial score (nSPS) is 15.6. The molecule has 1 amide bonds. The Morgan fingerprint density at radius 3 is 2.77 bits per heavy atom. The Bertz CT molecular complexity index is 1090. The Hall–Kier alpha value is -3.10. The van der Waals surface area contributed by atoms with Gasteiger partial charge >= 0.3 is 0 Å². The van der Waals surface area contributed by atoms with E-state index in [0.29, 0.717) is 4.88 Å². The van der Waals surface area contributed by atoms with E-state index in [2.05, 4.69) is 37.6 Å². The molecule has 0 atom stereocenters. The van der Waals surface area contributed by atoms with Crippen molar-refractivity contribution in [1.82, 2.24) is 10.3 Å². The third-order valence-corrected chi connectivity index (χ3v) is 6.91. The minimum atomic E-state index is -0.0981. The molecule has 0 aliphatic carbocycles. The minimum absolute atomic E-state index is 0.0981. The molecular weight excluding hydrogens is 410 g/mol. The lowest BCUT2D eigenvalue weighted by atomic mass is 10.1. The number of carbonyl (C=O) groups excluding carboxylic acids is 1. The number of methoxy groups -OCH3 is 1. The minimum Gasteiger partial charge on any atom is -0.497 e. The van der Waals surface area contributed by atoms with Crippen LogP contribution >= 0.6 is 11.3 Å². The van der Waals surface area contributed by atoms with Crippen molar-refractivity contribution in [3.63, 3.8) is 0 Å². The van der Waals surface area contributed by atoms with Crippen LogP contribution in [0.25, 0.3) is 0 Å². The number of aromatic nitrogens is 1. The maximum Gasteiger partial charge on any atom is 0.265 e. The van der Waals surface area contributed by atoms with Crippen LogP contribution in [0.1, 0.15) is 20.8 Å². The first-order valence-electron chi connectivity index (χ1n) is 10.4. The van der Waals surface area contributed by atoms with Gasteiger partial charge in [0.1, 0.15) is 5.75 Å². The van der Waals surface area contributed by atoms with Crippen LogP contribution in [0.15, 0.2) is 48.8 Å². The van der Waals surface area contributed by atoms with Crippen LogP contribution in [-0.2, 0) is 13.1 Å². The van der Waals surface area contributed by atoms with Gasteiger partial charge in [0.15, 0.2) is 0 Å². The smallest absolute Gasteiger partial charge is 0.265 e. The number of nitrogens with one attached hydrogen (secondary N) is 2. The maximum absolute atomic E-state index is 13.0. The van der Waals surface area contributed by atoms with E-state index in [1.54, 1.807) is 19.5 Å². The monoisotopic (exact) mass is 435 g/mol. The molecule has 2 N–H and O–H groups in total. The molecule has 31 heavy (non-hydrogen) atoms. The molecule has 4 heterocycles. The maximum atomic E-state index is 13.0. The highest BCUT2D eigenvalue weighted by Crippen LogP contribution is 2.35. The summed E-state index contributed by atoms with van der Waals surface area (Å²) in [6.45, 7) is 5.37. The summed E-state index contributed by atoms with van der Waals surface area (Å²) in [5, 5.41) is 7.52. The molecule has 3 aromatic rings. The zero-order valence-electron chi connectivity index (χ0n) is 17.4. The molecule has 1 fully saturated rings. The lowest BCUT2D eigenvalue weighted by Crippen LogP contribution is -2.43. The number of piperazine rings is 1. The van der Waals surface area contributed by atoms with Gasteiger partial charge in [-0.05, 0) is 41.5 Å². The van der Waals surface area contributed by atoms with E-state index in [9.17, 15) is 4.79 Å². The third-order valence-electron chi connectivity index (χ3n) is 5.77. The van der Waals surface area contributed by atoms with Crippen LogP contribution in [0.5, 0.6) is 5.75 Å². The largest absolute Gasteiger partial charge is 0.497 e. The second-order valence-electron chi connectivity index (χ2n) is 7.71. The lowest BCUT2D eigenvalue weighted by molar-refractivity contribution is 0.103. The fourth-order valence-corrected chi connectivity index (χ4v) is 5.02. The fourth-order valence-electron chi connectivity index (χ4n) is 4.12. The van der Waals surface area contributed by atoms with E-state index in [1.807, 2.05) is 24.3 Å². The summed E-state index contributed by atoms with van der Waals surface area (Å²) in [6.07, 6.45) is 3.50. The second-order valence-corrected chi connectivity index (χ2v) is 8.77. The molecule has 5 rings (SSSR count). The van der Waals surface area contributed by atoms with Gasteiger partial charge in [0, 0.05) is 45.5 Å². The van der Waals surface area contributed by atoms with Gasteiger partial charge in [0.25, 0.3) is 5.91 Å². The van der Waals surface area contributed by atoms with Gasteiger partial charge in [0.2, 0.25) is 0 Å². The Morgan fingerprint density at radius 2 is 1.94 bits per heavy atom. The Morgan fingerprint density at radius 1 is 1.10 bits per heavy atom. The number of amides is 1. The summed E-state index contributed by atoms with van der Waals surface area (Å²) in [7, 11) is 1.69. The summed E-state index contributed by atoms with van der Waals surface area (Å²) < 4.78 is 5.35. The van der Waals surface area contributed by atoms with Crippen LogP contribution in [0.3, 0.4) is 0 Å². The number of hydrogen-bond donors (Lipinski definition) is 2. The van der Waals surface area contributed by atoms with Gasteiger partial charge in [-0.1, -0.05) is 6.07 Å². The predicted octanol–water partition coefficient (Wildman–Crippen LogP) is 3.33. The fraction of sp³-hybridized carbons (Fsp3) is 0.304. The van der Waals surface area contributed by atoms with Crippen LogP contribution in [-0.4, -0.2) is 44.2 Å². The van der Waals surface area contributed by atoms with Crippen molar-refractivity contribution in [2.75, 3.05) is 48.4 Å². The molecular formula is C23H25N5O2S. The molecule has 7 nitrogen and oxygen atoms in total. The molecule has 1 saturated heterocycles. The van der Waals surface area contributed by atoms with E-state index in [1.165, 1.54) is 22.5 Å². The average Bonchev–Trinajstić information content (AvgIpc) is 3.47. The number of pyridine rings is 1. The van der Waals surface area contributed by atoms with Crippen molar-refractivity contribution in [2.24, 2.45) is 0 Å². The van der Waals surface area contributed by atoms with Gasteiger partial charge in [-0.3, -0.25) is 9.78 Å². The quantitative estimate of drug-likeness (QED) is 0.641. The number of hydrogen-bond acceptors (Lipinski definition) is 7. The molecule has 0 spiro atoms. The molecule has 0 radical (unpaired) electrons. The van der Waals surface area contributed by atoms with E-state index in [-0.39, 0.29) is 5.91 Å². The Kier molecular flexibility index (Phi) is 5.48. The van der Waals surface area contributed by atoms with Crippen molar-refractivity contribution in [3.8, 4) is 5.75 Å². The van der Waals surface area contributed by atoms with E-state index < -0.39 is 0 Å². The number of thiophene rings is 1. The van der Waals surface area contributed by atoms with Crippen LogP contribution in [0, 0.1) is 0 Å². The first kappa shape index (κ1) is 19.8. The van der Waals surface area contributed by atoms with Crippen LogP contribution in [0.2, 0.25) is 0 Å². The standard InChI is InChI=1S/C23H25N5O2S/c1-30-18-3-2-16-14-28(15-17(16)12-18)22-5-4-21(31-22)23(29)26-19-13-25-7-6-20(19)27-10-8-24-9-11-27/h2-7,12-13,24H,8-11,14-15H2,1H3,(H,26,29). The summed E-state index contributed by atoms with van der Waals surface area (Å²) in [5.74, 6) is 0.780.